The minimum Gasteiger partial charge on any atom is -0.445 e. The van der Waals surface area contributed by atoms with E-state index >= 15 is 0 Å². The number of nitrogens with zero attached hydrogens (tertiary/aromatic N) is 2. The van der Waals surface area contributed by atoms with Crippen LogP contribution in [0, 0.1) is 18.8 Å². The van der Waals surface area contributed by atoms with Crippen LogP contribution in [0.1, 0.15) is 54.0 Å². The Bertz CT molecular complexity index is 1780. The Morgan fingerprint density at radius 1 is 1.00 bits per heavy atom. The van der Waals surface area contributed by atoms with Gasteiger partial charge in [-0.1, -0.05) is 74.5 Å². The largest absolute Gasteiger partial charge is 0.445 e. The van der Waals surface area contributed by atoms with Crippen molar-refractivity contribution in [3.8, 4) is 0 Å². The highest BCUT2D eigenvalue weighted by molar-refractivity contribution is 7.20. The molecular weight excluding hydrogens is 643 g/mol. The molecule has 1 unspecified atom stereocenters. The second-order valence-corrected chi connectivity index (χ2v) is 13.6. The molecule has 1 aliphatic rings. The molecule has 0 radical (unpaired) electrons. The summed E-state index contributed by atoms with van der Waals surface area (Å²) in [5, 5.41) is 8.39. The molecule has 2 heterocycles. The normalized spacial score (nSPS) is 15.3. The summed E-state index contributed by atoms with van der Waals surface area (Å²) in [6.45, 7) is 5.73. The molecule has 1 fully saturated rings. The van der Waals surface area contributed by atoms with E-state index in [0.29, 0.717) is 30.6 Å². The molecule has 5 rings (SSSR count). The molecule has 0 saturated carbocycles. The number of hydrogen-bond donors (Lipinski definition) is 3. The van der Waals surface area contributed by atoms with Gasteiger partial charge in [0.15, 0.2) is 5.01 Å². The van der Waals surface area contributed by atoms with Gasteiger partial charge in [0.25, 0.3) is 0 Å². The van der Waals surface area contributed by atoms with Gasteiger partial charge in [0.05, 0.1) is 16.8 Å². The number of ether oxygens (including phenoxy) is 1. The third-order valence-electron chi connectivity index (χ3n) is 8.38. The van der Waals surface area contributed by atoms with Crippen LogP contribution in [0.2, 0.25) is 0 Å². The standard InChI is InChI=1S/C37H41N5O6S/c1-23(2)19-28(41-37(47)48-22-25-12-5-4-6-13-25)35(46)39-21-32(43)42(29-15-9-7-11-24(29)3)30(20-26-17-18-38-34(26)45)33(44)36-40-27-14-8-10-16-31(27)49-36/h4-16,23,26,28,30H,17-22H2,1-3H3,(H,38,45)(H,39,46)(H,41,47)/t26-,28-,30?/m0/s1. The molecule has 11 nitrogen and oxygen atoms in total. The molecule has 3 atom stereocenters. The molecule has 4 aromatic rings. The first kappa shape index (κ1) is 35.2. The zero-order chi connectivity index (χ0) is 34.9. The molecule has 0 bridgehead atoms. The van der Waals surface area contributed by atoms with Crippen molar-refractivity contribution in [3.05, 3.63) is 95.0 Å². The second-order valence-electron chi connectivity index (χ2n) is 12.5. The molecule has 12 heteroatoms. The number of hydrogen-bond acceptors (Lipinski definition) is 8. The molecular formula is C37H41N5O6S. The average molecular weight is 684 g/mol. The Kier molecular flexibility index (Phi) is 11.7. The number of Topliss-reactive ketones (excluding diaryl/α,β-unsaturated/α-hetero) is 1. The zero-order valence-corrected chi connectivity index (χ0v) is 28.6. The SMILES string of the molecule is Cc1ccccc1N(C(=O)CNC(=O)[C@H](CC(C)C)NC(=O)OCc1ccccc1)C(C[C@@H]1CCNC1=O)C(=O)c1nc2ccccc2s1. The van der Waals surface area contributed by atoms with Gasteiger partial charge in [-0.15, -0.1) is 11.3 Å². The number of para-hydroxylation sites is 2. The number of nitrogens with one attached hydrogen (secondary N) is 3. The Balaban J connectivity index is 1.38. The summed E-state index contributed by atoms with van der Waals surface area (Å²) in [7, 11) is 0. The van der Waals surface area contributed by atoms with Crippen LogP contribution in [0.3, 0.4) is 0 Å². The second kappa shape index (κ2) is 16.3. The van der Waals surface area contributed by atoms with Crippen LogP contribution in [0.15, 0.2) is 78.9 Å². The molecule has 256 valence electrons. The summed E-state index contributed by atoms with van der Waals surface area (Å²) in [6.07, 6.45) is 0.156. The number of benzene rings is 3. The van der Waals surface area contributed by atoms with Gasteiger partial charge in [0.1, 0.15) is 18.7 Å². The number of aromatic nitrogens is 1. The Labute approximate surface area is 289 Å². The maximum Gasteiger partial charge on any atom is 0.408 e. The fourth-order valence-electron chi connectivity index (χ4n) is 5.88. The highest BCUT2D eigenvalue weighted by Crippen LogP contribution is 2.31. The summed E-state index contributed by atoms with van der Waals surface area (Å²) >= 11 is 1.24. The van der Waals surface area contributed by atoms with E-state index in [1.165, 1.54) is 16.2 Å². The van der Waals surface area contributed by atoms with Crippen molar-refractivity contribution in [1.29, 1.82) is 0 Å². The van der Waals surface area contributed by atoms with E-state index in [1.807, 2.05) is 87.5 Å². The van der Waals surface area contributed by atoms with Crippen LogP contribution in [-0.2, 0) is 25.7 Å². The quantitative estimate of drug-likeness (QED) is 0.155. The number of amides is 4. The summed E-state index contributed by atoms with van der Waals surface area (Å²) < 4.78 is 6.17. The number of aryl methyl sites for hydroxylation is 1. The van der Waals surface area contributed by atoms with E-state index in [4.69, 9.17) is 4.74 Å². The van der Waals surface area contributed by atoms with E-state index in [-0.39, 0.29) is 35.6 Å². The average Bonchev–Trinajstić information content (AvgIpc) is 3.72. The number of anilines is 1. The molecule has 3 aromatic carbocycles. The maximum absolute atomic E-state index is 14.4. The third-order valence-corrected chi connectivity index (χ3v) is 9.43. The molecule has 1 saturated heterocycles. The maximum atomic E-state index is 14.4. The summed E-state index contributed by atoms with van der Waals surface area (Å²) in [4.78, 5) is 73.5. The van der Waals surface area contributed by atoms with Crippen LogP contribution in [0.5, 0.6) is 0 Å². The number of carbonyl (C=O) groups is 5. The number of alkyl carbamates (subject to hydrolysis) is 1. The summed E-state index contributed by atoms with van der Waals surface area (Å²) in [5.41, 5.74) is 2.69. The lowest BCUT2D eigenvalue weighted by Crippen LogP contribution is -2.53. The lowest BCUT2D eigenvalue weighted by Gasteiger charge is -2.33. The highest BCUT2D eigenvalue weighted by atomic mass is 32.1. The van der Waals surface area contributed by atoms with E-state index < -0.39 is 42.5 Å². The van der Waals surface area contributed by atoms with Crippen LogP contribution < -0.4 is 20.9 Å². The predicted molar refractivity (Wildman–Crippen MR) is 188 cm³/mol. The number of rotatable bonds is 14. The van der Waals surface area contributed by atoms with Gasteiger partial charge in [0.2, 0.25) is 23.5 Å². The molecule has 3 N–H and O–H groups in total. The first-order valence-corrected chi connectivity index (χ1v) is 17.2. The van der Waals surface area contributed by atoms with Crippen LogP contribution in [0.25, 0.3) is 10.2 Å². The molecule has 49 heavy (non-hydrogen) atoms. The van der Waals surface area contributed by atoms with Crippen molar-refractivity contribution in [2.75, 3.05) is 18.0 Å². The van der Waals surface area contributed by atoms with Crippen LogP contribution in [-0.4, -0.2) is 59.8 Å². The van der Waals surface area contributed by atoms with Crippen LogP contribution >= 0.6 is 11.3 Å². The van der Waals surface area contributed by atoms with Crippen molar-refractivity contribution in [2.24, 2.45) is 11.8 Å². The van der Waals surface area contributed by atoms with E-state index in [1.54, 1.807) is 12.1 Å². The van der Waals surface area contributed by atoms with E-state index in [0.717, 1.165) is 15.8 Å². The van der Waals surface area contributed by atoms with Crippen LogP contribution in [0.4, 0.5) is 10.5 Å². The van der Waals surface area contributed by atoms with Gasteiger partial charge in [-0.05, 0) is 61.4 Å². The molecule has 1 aromatic heterocycles. The summed E-state index contributed by atoms with van der Waals surface area (Å²) in [5.74, 6) is -2.11. The van der Waals surface area contributed by atoms with Crippen molar-refractivity contribution >= 4 is 56.8 Å². The fraction of sp³-hybridized carbons (Fsp3) is 0.351. The zero-order valence-electron chi connectivity index (χ0n) is 27.8. The predicted octanol–water partition coefficient (Wildman–Crippen LogP) is 5.17. The Morgan fingerprint density at radius 3 is 2.41 bits per heavy atom. The van der Waals surface area contributed by atoms with Gasteiger partial charge in [-0.2, -0.15) is 0 Å². The molecule has 0 aliphatic carbocycles. The van der Waals surface area contributed by atoms with Gasteiger partial charge >= 0.3 is 6.09 Å². The number of fused-ring (bicyclic) bond motifs is 1. The Morgan fingerprint density at radius 2 is 1.71 bits per heavy atom. The monoisotopic (exact) mass is 683 g/mol. The van der Waals surface area contributed by atoms with Crippen molar-refractivity contribution < 1.29 is 28.7 Å². The number of thiazole rings is 1. The minimum atomic E-state index is -1.07. The van der Waals surface area contributed by atoms with E-state index in [2.05, 4.69) is 20.9 Å². The van der Waals surface area contributed by atoms with E-state index in [9.17, 15) is 24.0 Å². The summed E-state index contributed by atoms with van der Waals surface area (Å²) in [6, 6.07) is 21.7. The van der Waals surface area contributed by atoms with Gasteiger partial charge in [0, 0.05) is 18.2 Å². The van der Waals surface area contributed by atoms with Gasteiger partial charge in [-0.3, -0.25) is 24.1 Å². The minimum absolute atomic E-state index is 0.0374. The molecule has 1 aliphatic heterocycles. The van der Waals surface area contributed by atoms with Crippen molar-refractivity contribution in [2.45, 2.75) is 58.7 Å². The Hall–Kier alpha value is -5.10. The van der Waals surface area contributed by atoms with Crippen molar-refractivity contribution in [3.63, 3.8) is 0 Å². The lowest BCUT2D eigenvalue weighted by atomic mass is 9.93. The van der Waals surface area contributed by atoms with Gasteiger partial charge < -0.3 is 20.7 Å². The number of carbonyl (C=O) groups excluding carboxylic acids is 5. The third kappa shape index (κ3) is 9.08. The van der Waals surface area contributed by atoms with Crippen molar-refractivity contribution in [1.82, 2.24) is 20.9 Å². The topological polar surface area (TPSA) is 147 Å². The smallest absolute Gasteiger partial charge is 0.408 e. The highest BCUT2D eigenvalue weighted by Gasteiger charge is 2.39. The fourth-order valence-corrected chi connectivity index (χ4v) is 6.83. The first-order chi connectivity index (χ1) is 23.6. The molecule has 0 spiro atoms. The molecule has 4 amide bonds. The lowest BCUT2D eigenvalue weighted by molar-refractivity contribution is -0.126. The first-order valence-electron chi connectivity index (χ1n) is 16.4. The number of ketones is 1. The van der Waals surface area contributed by atoms with Gasteiger partial charge in [-0.25, -0.2) is 9.78 Å².